The van der Waals surface area contributed by atoms with Gasteiger partial charge in [-0.25, -0.2) is 0 Å². The second-order valence-corrected chi connectivity index (χ2v) is 10.4. The molecule has 0 aromatic rings. The molecule has 1 unspecified atom stereocenters. The van der Waals surface area contributed by atoms with Gasteiger partial charge < -0.3 is 47.3 Å². The van der Waals surface area contributed by atoms with Gasteiger partial charge in [0, 0.05) is 32.3 Å². The van der Waals surface area contributed by atoms with E-state index in [0.29, 0.717) is 45.9 Å². The summed E-state index contributed by atoms with van der Waals surface area (Å²) in [4.78, 5) is 0. The van der Waals surface area contributed by atoms with Gasteiger partial charge in [0.25, 0.3) is 0 Å². The van der Waals surface area contributed by atoms with Gasteiger partial charge in [-0.05, 0) is 90.5 Å². The zero-order chi connectivity index (χ0) is 22.7. The minimum absolute atomic E-state index is 0.0986. The van der Waals surface area contributed by atoms with Crippen LogP contribution < -0.4 is 34.0 Å². The third-order valence-electron chi connectivity index (χ3n) is 5.49. The molecule has 0 spiro atoms. The number of rotatable bonds is 22. The number of nitrogens with one attached hydrogen (secondary N) is 1. The predicted octanol–water partition coefficient (Wildman–Crippen LogP) is 0.0936. The minimum atomic E-state index is -2.90. The Morgan fingerprint density at radius 1 is 0.767 bits per heavy atom. The van der Waals surface area contributed by atoms with Crippen molar-refractivity contribution >= 4 is 8.80 Å². The first-order chi connectivity index (χ1) is 14.5. The Kier molecular flexibility index (Phi) is 18.3. The summed E-state index contributed by atoms with van der Waals surface area (Å²) < 4.78 is 19.3. The molecule has 10 heteroatoms. The molecule has 1 atom stereocenters. The molecule has 0 amide bonds. The quantitative estimate of drug-likeness (QED) is 0.0988. The molecule has 30 heavy (non-hydrogen) atoms. The fraction of sp³-hybridized carbons (Fsp3) is 1.00. The van der Waals surface area contributed by atoms with Crippen LogP contribution in [0.4, 0.5) is 0 Å². The van der Waals surface area contributed by atoms with Crippen molar-refractivity contribution < 1.29 is 13.3 Å². The van der Waals surface area contributed by atoms with Crippen molar-refractivity contribution in [2.24, 2.45) is 34.1 Å². The summed E-state index contributed by atoms with van der Waals surface area (Å²) in [6.45, 7) is 9.61. The van der Waals surface area contributed by atoms with Gasteiger partial charge in [0.2, 0.25) is 0 Å². The van der Waals surface area contributed by atoms with Crippen LogP contribution in [-0.4, -0.2) is 73.9 Å². The second-order valence-electron chi connectivity index (χ2n) is 7.71. The molecule has 0 saturated carbocycles. The summed E-state index contributed by atoms with van der Waals surface area (Å²) in [7, 11) is -2.90. The van der Waals surface area contributed by atoms with Gasteiger partial charge in [-0.2, -0.15) is 0 Å². The Balaban J connectivity index is 5.74. The highest BCUT2D eigenvalue weighted by atomic mass is 28.4. The predicted molar refractivity (Wildman–Crippen MR) is 127 cm³/mol. The summed E-state index contributed by atoms with van der Waals surface area (Å²) in [6, 6.07) is 0.745. The van der Waals surface area contributed by atoms with Crippen LogP contribution in [-0.2, 0) is 13.3 Å². The van der Waals surface area contributed by atoms with E-state index in [9.17, 15) is 0 Å². The molecule has 0 fully saturated rings. The number of hydrogen-bond acceptors (Lipinski definition) is 9. The molecule has 0 rings (SSSR count). The summed E-state index contributed by atoms with van der Waals surface area (Å²) in [6.07, 6.45) is 4.88. The zero-order valence-corrected chi connectivity index (χ0v) is 20.5. The Morgan fingerprint density at radius 2 is 1.33 bits per heavy atom. The van der Waals surface area contributed by atoms with Gasteiger partial charge in [-0.1, -0.05) is 0 Å². The van der Waals surface area contributed by atoms with Crippen LogP contribution in [0.2, 0.25) is 6.04 Å². The summed E-state index contributed by atoms with van der Waals surface area (Å²) in [5.41, 5.74) is 29.3. The lowest BCUT2D eigenvalue weighted by molar-refractivity contribution is -0.0431. The molecule has 0 heterocycles. The molecular formula is C20H50N6O3Si. The molecule has 11 N–H and O–H groups in total. The average Bonchev–Trinajstić information content (AvgIpc) is 2.72. The second kappa shape index (κ2) is 18.4. The third kappa shape index (κ3) is 10.9. The van der Waals surface area contributed by atoms with E-state index in [0.717, 1.165) is 57.7 Å². The molecule has 0 bridgehead atoms. The van der Waals surface area contributed by atoms with Gasteiger partial charge in [0.1, 0.15) is 0 Å². The maximum atomic E-state index is 6.87. The Labute approximate surface area is 185 Å². The van der Waals surface area contributed by atoms with Crippen LogP contribution in [0, 0.1) is 5.41 Å². The van der Waals surface area contributed by atoms with Crippen molar-refractivity contribution in [2.45, 2.75) is 64.5 Å². The van der Waals surface area contributed by atoms with E-state index in [2.05, 4.69) is 5.32 Å². The van der Waals surface area contributed by atoms with E-state index < -0.39 is 8.80 Å². The molecule has 0 aromatic carbocycles. The first-order valence-electron chi connectivity index (χ1n) is 11.7. The van der Waals surface area contributed by atoms with E-state index in [1.54, 1.807) is 0 Å². The Morgan fingerprint density at radius 3 is 1.77 bits per heavy atom. The molecule has 0 aliphatic carbocycles. The van der Waals surface area contributed by atoms with Gasteiger partial charge in [0.05, 0.1) is 6.10 Å². The lowest BCUT2D eigenvalue weighted by atomic mass is 9.72. The fourth-order valence-electron chi connectivity index (χ4n) is 4.14. The Bertz CT molecular complexity index is 373. The molecule has 0 radical (unpaired) electrons. The van der Waals surface area contributed by atoms with E-state index in [-0.39, 0.29) is 11.5 Å². The average molecular weight is 451 g/mol. The van der Waals surface area contributed by atoms with Gasteiger partial charge >= 0.3 is 8.80 Å². The number of hydrogen-bond donors (Lipinski definition) is 6. The normalized spacial score (nSPS) is 13.7. The van der Waals surface area contributed by atoms with Crippen LogP contribution in [0.5, 0.6) is 0 Å². The standard InChI is InChI=1S/C20H50N6O3Si/c1-3-27-30(28-4-2,18-6-16-26-17-15-25)29-19(7-5-11-21)20(8-12-22,9-13-23)10-14-24/h19,26H,3-18,21-25H2,1-2H3. The number of nitrogens with two attached hydrogens (primary N) is 5. The van der Waals surface area contributed by atoms with E-state index in [4.69, 9.17) is 41.9 Å². The van der Waals surface area contributed by atoms with E-state index in [1.165, 1.54) is 0 Å². The SMILES string of the molecule is CCO[Si](CCCNCCN)(OCC)OC(CCCN)C(CCN)(CCN)CCN. The van der Waals surface area contributed by atoms with E-state index in [1.807, 2.05) is 13.8 Å². The van der Waals surface area contributed by atoms with Crippen molar-refractivity contribution in [1.82, 2.24) is 5.32 Å². The lowest BCUT2D eigenvalue weighted by Crippen LogP contribution is -2.54. The molecule has 182 valence electrons. The topological polar surface area (TPSA) is 170 Å². The van der Waals surface area contributed by atoms with Crippen molar-refractivity contribution in [3.05, 3.63) is 0 Å². The third-order valence-corrected chi connectivity index (χ3v) is 8.55. The molecule has 0 saturated heterocycles. The maximum Gasteiger partial charge on any atom is 0.501 e. The van der Waals surface area contributed by atoms with Crippen LogP contribution in [0.1, 0.15) is 52.4 Å². The van der Waals surface area contributed by atoms with Crippen molar-refractivity contribution in [2.75, 3.05) is 59.0 Å². The first kappa shape index (κ1) is 29.9. The highest BCUT2D eigenvalue weighted by Crippen LogP contribution is 2.40. The monoisotopic (exact) mass is 450 g/mol. The summed E-state index contributed by atoms with van der Waals surface area (Å²) >= 11 is 0. The van der Waals surface area contributed by atoms with E-state index >= 15 is 0 Å². The smallest absolute Gasteiger partial charge is 0.374 e. The molecule has 9 nitrogen and oxygen atoms in total. The summed E-state index contributed by atoms with van der Waals surface area (Å²) in [5, 5.41) is 3.34. The molecule has 0 aliphatic rings. The lowest BCUT2D eigenvalue weighted by Gasteiger charge is -2.44. The fourth-order valence-corrected chi connectivity index (χ4v) is 7.06. The maximum absolute atomic E-state index is 6.87. The highest BCUT2D eigenvalue weighted by Gasteiger charge is 2.47. The van der Waals surface area contributed by atoms with Gasteiger partial charge in [0.15, 0.2) is 0 Å². The Hall–Kier alpha value is -0.143. The van der Waals surface area contributed by atoms with Gasteiger partial charge in [-0.3, -0.25) is 0 Å². The molecule has 0 aromatic heterocycles. The van der Waals surface area contributed by atoms with Crippen LogP contribution in [0.3, 0.4) is 0 Å². The minimum Gasteiger partial charge on any atom is -0.374 e. The van der Waals surface area contributed by atoms with Crippen LogP contribution in [0.25, 0.3) is 0 Å². The molecule has 0 aliphatic heterocycles. The van der Waals surface area contributed by atoms with Crippen molar-refractivity contribution in [3.63, 3.8) is 0 Å². The van der Waals surface area contributed by atoms with Crippen molar-refractivity contribution in [3.8, 4) is 0 Å². The highest BCUT2D eigenvalue weighted by molar-refractivity contribution is 6.60. The van der Waals surface area contributed by atoms with Gasteiger partial charge in [-0.15, -0.1) is 0 Å². The zero-order valence-electron chi connectivity index (χ0n) is 19.5. The largest absolute Gasteiger partial charge is 0.501 e. The van der Waals surface area contributed by atoms with Crippen LogP contribution >= 0.6 is 0 Å². The molecular weight excluding hydrogens is 400 g/mol. The summed E-state index contributed by atoms with van der Waals surface area (Å²) in [5.74, 6) is 0. The van der Waals surface area contributed by atoms with Crippen molar-refractivity contribution in [1.29, 1.82) is 0 Å². The first-order valence-corrected chi connectivity index (χ1v) is 13.6. The van der Waals surface area contributed by atoms with Crippen LogP contribution in [0.15, 0.2) is 0 Å².